The van der Waals surface area contributed by atoms with Gasteiger partial charge in [-0.15, -0.1) is 0 Å². The molecule has 0 spiro atoms. The summed E-state index contributed by atoms with van der Waals surface area (Å²) in [6.45, 7) is 2.01. The van der Waals surface area contributed by atoms with E-state index in [1.165, 1.54) is 6.33 Å². The Morgan fingerprint density at radius 1 is 1.04 bits per heavy atom. The molecule has 5 nitrogen and oxygen atoms in total. The van der Waals surface area contributed by atoms with E-state index in [2.05, 4.69) is 15.4 Å². The Morgan fingerprint density at radius 2 is 1.88 bits per heavy atom. The van der Waals surface area contributed by atoms with Crippen molar-refractivity contribution in [1.82, 2.24) is 14.6 Å². The topological polar surface area (TPSA) is 59.3 Å². The summed E-state index contributed by atoms with van der Waals surface area (Å²) in [5.74, 6) is -0.0202. The molecule has 1 N–H and O–H groups in total. The lowest BCUT2D eigenvalue weighted by Crippen LogP contribution is -2.14. The van der Waals surface area contributed by atoms with Crippen LogP contribution in [0.2, 0.25) is 0 Å². The number of nitrogens with zero attached hydrogens (tertiary/aromatic N) is 3. The molecule has 0 saturated carbocycles. The van der Waals surface area contributed by atoms with Crippen molar-refractivity contribution in [2.45, 2.75) is 13.3 Å². The molecular weight excluding hydrogens is 324 g/mol. The Labute approximate surface area is 151 Å². The predicted molar refractivity (Wildman–Crippen MR) is 102 cm³/mol. The Morgan fingerprint density at radius 3 is 2.69 bits per heavy atom. The monoisotopic (exact) mass is 342 g/mol. The van der Waals surface area contributed by atoms with E-state index in [1.54, 1.807) is 4.52 Å². The molecule has 128 valence electrons. The van der Waals surface area contributed by atoms with E-state index < -0.39 is 0 Å². The molecule has 0 unspecified atom stereocenters. The van der Waals surface area contributed by atoms with Gasteiger partial charge in [-0.3, -0.25) is 4.79 Å². The van der Waals surface area contributed by atoms with Crippen molar-refractivity contribution in [2.24, 2.45) is 0 Å². The van der Waals surface area contributed by atoms with Crippen molar-refractivity contribution in [3.05, 3.63) is 84.3 Å². The van der Waals surface area contributed by atoms with Crippen LogP contribution in [0.3, 0.4) is 0 Å². The maximum absolute atomic E-state index is 12.2. The average molecular weight is 342 g/mol. The average Bonchev–Trinajstić information content (AvgIpc) is 3.10. The molecule has 5 heteroatoms. The van der Waals surface area contributed by atoms with E-state index in [4.69, 9.17) is 0 Å². The van der Waals surface area contributed by atoms with E-state index in [0.29, 0.717) is 6.42 Å². The minimum atomic E-state index is -0.0202. The summed E-state index contributed by atoms with van der Waals surface area (Å²) >= 11 is 0. The normalized spacial score (nSPS) is 10.8. The molecule has 0 atom stereocenters. The lowest BCUT2D eigenvalue weighted by Gasteiger charge is -2.07. The highest BCUT2D eigenvalue weighted by Crippen LogP contribution is 2.21. The van der Waals surface area contributed by atoms with Crippen LogP contribution in [0.25, 0.3) is 16.8 Å². The molecule has 0 saturated heterocycles. The largest absolute Gasteiger partial charge is 0.326 e. The number of carbonyl (C=O) groups is 1. The lowest BCUT2D eigenvalue weighted by atomic mass is 10.0. The number of hydrogen-bond donors (Lipinski definition) is 1. The number of aromatic nitrogens is 3. The molecule has 0 aliphatic rings. The van der Waals surface area contributed by atoms with Crippen LogP contribution >= 0.6 is 0 Å². The molecule has 1 amide bonds. The maximum Gasteiger partial charge on any atom is 0.228 e. The Kier molecular flexibility index (Phi) is 4.19. The van der Waals surface area contributed by atoms with Gasteiger partial charge in [0.25, 0.3) is 0 Å². The smallest absolute Gasteiger partial charge is 0.228 e. The predicted octanol–water partition coefficient (Wildman–Crippen LogP) is 3.89. The number of fused-ring (bicyclic) bond motifs is 1. The Balaban J connectivity index is 1.46. The zero-order chi connectivity index (χ0) is 17.9. The van der Waals surface area contributed by atoms with Crippen LogP contribution in [0.4, 0.5) is 5.69 Å². The van der Waals surface area contributed by atoms with Gasteiger partial charge < -0.3 is 5.32 Å². The van der Waals surface area contributed by atoms with Crippen molar-refractivity contribution in [3.63, 3.8) is 0 Å². The SMILES string of the molecule is Cc1cccc(NC(=O)Cc2ccc(-c3ccn4ncnc4c3)cc2)c1. The van der Waals surface area contributed by atoms with Crippen LogP contribution in [0.1, 0.15) is 11.1 Å². The maximum atomic E-state index is 12.2. The van der Waals surface area contributed by atoms with Crippen molar-refractivity contribution >= 4 is 17.2 Å². The molecule has 0 fully saturated rings. The van der Waals surface area contributed by atoms with Gasteiger partial charge in [0.1, 0.15) is 6.33 Å². The fraction of sp³-hybridized carbons (Fsp3) is 0.0952. The van der Waals surface area contributed by atoms with Crippen molar-refractivity contribution < 1.29 is 4.79 Å². The number of rotatable bonds is 4. The third kappa shape index (κ3) is 3.47. The van der Waals surface area contributed by atoms with Crippen LogP contribution in [0.5, 0.6) is 0 Å². The summed E-state index contributed by atoms with van der Waals surface area (Å²) in [5.41, 5.74) is 5.89. The molecule has 0 aliphatic heterocycles. The second-order valence-corrected chi connectivity index (χ2v) is 6.27. The molecular formula is C21H18N4O. The van der Waals surface area contributed by atoms with E-state index in [0.717, 1.165) is 33.6 Å². The number of carbonyl (C=O) groups excluding carboxylic acids is 1. The van der Waals surface area contributed by atoms with Crippen molar-refractivity contribution in [3.8, 4) is 11.1 Å². The molecule has 0 aliphatic carbocycles. The highest BCUT2D eigenvalue weighted by atomic mass is 16.1. The first-order chi connectivity index (χ1) is 12.7. The minimum Gasteiger partial charge on any atom is -0.326 e. The number of benzene rings is 2. The summed E-state index contributed by atoms with van der Waals surface area (Å²) in [4.78, 5) is 16.4. The summed E-state index contributed by atoms with van der Waals surface area (Å²) in [5, 5.41) is 7.04. The lowest BCUT2D eigenvalue weighted by molar-refractivity contribution is -0.115. The molecule has 0 radical (unpaired) electrons. The molecule has 4 aromatic rings. The summed E-state index contributed by atoms with van der Waals surface area (Å²) < 4.78 is 1.73. The number of aryl methyl sites for hydroxylation is 1. The molecule has 2 aromatic carbocycles. The molecule has 26 heavy (non-hydrogen) atoms. The van der Waals surface area contributed by atoms with Crippen LogP contribution in [-0.2, 0) is 11.2 Å². The Bertz CT molecular complexity index is 1070. The summed E-state index contributed by atoms with van der Waals surface area (Å²) in [6, 6.07) is 19.8. The molecule has 2 heterocycles. The fourth-order valence-electron chi connectivity index (χ4n) is 2.92. The van der Waals surface area contributed by atoms with Gasteiger partial charge in [-0.1, -0.05) is 36.4 Å². The number of anilines is 1. The highest BCUT2D eigenvalue weighted by Gasteiger charge is 2.06. The first-order valence-corrected chi connectivity index (χ1v) is 8.43. The fourth-order valence-corrected chi connectivity index (χ4v) is 2.92. The van der Waals surface area contributed by atoms with Crippen LogP contribution < -0.4 is 5.32 Å². The van der Waals surface area contributed by atoms with Gasteiger partial charge in [-0.25, -0.2) is 9.50 Å². The standard InChI is InChI=1S/C21H18N4O/c1-15-3-2-4-19(11-15)24-21(26)12-16-5-7-17(8-6-16)18-9-10-25-20(13-18)22-14-23-25/h2-11,13-14H,12H2,1H3,(H,24,26). The van der Waals surface area contributed by atoms with Gasteiger partial charge >= 0.3 is 0 Å². The zero-order valence-electron chi connectivity index (χ0n) is 14.4. The van der Waals surface area contributed by atoms with Gasteiger partial charge in [0.2, 0.25) is 5.91 Å². The van der Waals surface area contributed by atoms with Crippen LogP contribution in [0.15, 0.2) is 73.2 Å². The van der Waals surface area contributed by atoms with E-state index >= 15 is 0 Å². The quantitative estimate of drug-likeness (QED) is 0.612. The van der Waals surface area contributed by atoms with Gasteiger partial charge in [-0.05, 0) is 53.4 Å². The second-order valence-electron chi connectivity index (χ2n) is 6.27. The van der Waals surface area contributed by atoms with Gasteiger partial charge in [0, 0.05) is 11.9 Å². The van der Waals surface area contributed by atoms with Crippen LogP contribution in [-0.4, -0.2) is 20.5 Å². The molecule has 2 aromatic heterocycles. The van der Waals surface area contributed by atoms with E-state index in [-0.39, 0.29) is 5.91 Å². The first kappa shape index (κ1) is 16.0. The minimum absolute atomic E-state index is 0.0202. The van der Waals surface area contributed by atoms with Gasteiger partial charge in [0.05, 0.1) is 6.42 Å². The second kappa shape index (κ2) is 6.80. The summed E-state index contributed by atoms with van der Waals surface area (Å²) in [7, 11) is 0. The zero-order valence-corrected chi connectivity index (χ0v) is 14.4. The highest BCUT2D eigenvalue weighted by molar-refractivity contribution is 5.92. The number of amides is 1. The number of pyridine rings is 1. The van der Waals surface area contributed by atoms with Gasteiger partial charge in [-0.2, -0.15) is 5.10 Å². The van der Waals surface area contributed by atoms with Crippen molar-refractivity contribution in [2.75, 3.05) is 5.32 Å². The third-order valence-corrected chi connectivity index (χ3v) is 4.23. The van der Waals surface area contributed by atoms with Crippen LogP contribution in [0, 0.1) is 6.92 Å². The number of hydrogen-bond acceptors (Lipinski definition) is 3. The van der Waals surface area contributed by atoms with Gasteiger partial charge in [0.15, 0.2) is 5.65 Å². The third-order valence-electron chi connectivity index (χ3n) is 4.23. The molecule has 0 bridgehead atoms. The Hall–Kier alpha value is -3.47. The van der Waals surface area contributed by atoms with E-state index in [1.807, 2.05) is 73.8 Å². The van der Waals surface area contributed by atoms with E-state index in [9.17, 15) is 4.79 Å². The first-order valence-electron chi connectivity index (χ1n) is 8.43. The van der Waals surface area contributed by atoms with Crippen molar-refractivity contribution in [1.29, 1.82) is 0 Å². The summed E-state index contributed by atoms with van der Waals surface area (Å²) in [6.07, 6.45) is 3.77. The number of nitrogens with one attached hydrogen (secondary N) is 1. The molecule has 4 rings (SSSR count).